The van der Waals surface area contributed by atoms with Crippen LogP contribution < -0.4 is 5.11 Å². The van der Waals surface area contributed by atoms with E-state index in [1.54, 1.807) is 78.9 Å². The van der Waals surface area contributed by atoms with Gasteiger partial charge in [0, 0.05) is 0 Å². The molecule has 0 spiro atoms. The van der Waals surface area contributed by atoms with Crippen LogP contribution in [0.15, 0.2) is 91.0 Å². The van der Waals surface area contributed by atoms with Gasteiger partial charge in [0.25, 0.3) is 0 Å². The van der Waals surface area contributed by atoms with Crippen molar-refractivity contribution in [2.24, 2.45) is 0 Å². The van der Waals surface area contributed by atoms with Gasteiger partial charge in [0.05, 0.1) is 17.1 Å². The molecule has 0 bridgehead atoms. The minimum absolute atomic E-state index is 0. The average molecular weight is 429 g/mol. The SMILES string of the molecule is O=C(O)c1ccccc1.O=C(O)c1ccccc1.O=C([O-])c1ccccc1.[Cu+]. The zero-order valence-electron chi connectivity index (χ0n) is 14.5. The molecule has 0 radical (unpaired) electrons. The van der Waals surface area contributed by atoms with E-state index in [9.17, 15) is 19.5 Å². The van der Waals surface area contributed by atoms with E-state index < -0.39 is 17.9 Å². The molecule has 0 aliphatic heterocycles. The van der Waals surface area contributed by atoms with Gasteiger partial charge in [-0.2, -0.15) is 0 Å². The van der Waals surface area contributed by atoms with Crippen molar-refractivity contribution in [3.63, 3.8) is 0 Å². The maximum atomic E-state index is 10.2. The van der Waals surface area contributed by atoms with E-state index in [-0.39, 0.29) is 22.6 Å². The topological polar surface area (TPSA) is 115 Å². The third kappa shape index (κ3) is 9.91. The fourth-order valence-electron chi connectivity index (χ4n) is 1.74. The molecule has 0 saturated heterocycles. The second kappa shape index (κ2) is 13.7. The average Bonchev–Trinajstić information content (AvgIpc) is 2.71. The van der Waals surface area contributed by atoms with Gasteiger partial charge in [-0.3, -0.25) is 0 Å². The van der Waals surface area contributed by atoms with Crippen molar-refractivity contribution in [3.8, 4) is 0 Å². The van der Waals surface area contributed by atoms with E-state index in [2.05, 4.69) is 0 Å². The molecule has 3 aromatic rings. The molecule has 6 nitrogen and oxygen atoms in total. The van der Waals surface area contributed by atoms with Crippen LogP contribution in [0.2, 0.25) is 0 Å². The molecule has 7 heteroatoms. The molecular formula is C21H17CuO6. The summed E-state index contributed by atoms with van der Waals surface area (Å²) < 4.78 is 0. The normalized spacial score (nSPS) is 8.57. The number of carboxylic acid groups (broad SMARTS) is 3. The molecule has 148 valence electrons. The summed E-state index contributed by atoms with van der Waals surface area (Å²) in [4.78, 5) is 30.5. The summed E-state index contributed by atoms with van der Waals surface area (Å²) in [6.45, 7) is 0. The number of carbonyl (C=O) groups excluding carboxylic acids is 1. The Bertz CT molecular complexity index is 734. The Morgan fingerprint density at radius 3 is 0.929 bits per heavy atom. The summed E-state index contributed by atoms with van der Waals surface area (Å²) in [5, 5.41) is 26.9. The Balaban J connectivity index is 0.000000384. The number of benzene rings is 3. The Morgan fingerprint density at radius 1 is 0.536 bits per heavy atom. The molecule has 3 aromatic carbocycles. The number of carbonyl (C=O) groups is 3. The van der Waals surface area contributed by atoms with Crippen molar-refractivity contribution in [3.05, 3.63) is 108 Å². The summed E-state index contributed by atoms with van der Waals surface area (Å²) in [6, 6.07) is 24.7. The molecule has 0 unspecified atom stereocenters. The largest absolute Gasteiger partial charge is 1.00 e. The van der Waals surface area contributed by atoms with Crippen LogP contribution >= 0.6 is 0 Å². The fraction of sp³-hybridized carbons (Fsp3) is 0. The first-order valence-corrected chi connectivity index (χ1v) is 7.75. The summed E-state index contributed by atoms with van der Waals surface area (Å²) in [6.07, 6.45) is 0. The number of carboxylic acids is 3. The van der Waals surface area contributed by atoms with E-state index >= 15 is 0 Å². The van der Waals surface area contributed by atoms with Gasteiger partial charge in [-0.15, -0.1) is 0 Å². The molecule has 0 amide bonds. The molecule has 0 atom stereocenters. The Morgan fingerprint density at radius 2 is 0.786 bits per heavy atom. The molecule has 0 heterocycles. The summed E-state index contributed by atoms with van der Waals surface area (Å²) >= 11 is 0. The second-order valence-electron chi connectivity index (χ2n) is 5.00. The van der Waals surface area contributed by atoms with Crippen molar-refractivity contribution in [2.75, 3.05) is 0 Å². The summed E-state index contributed by atoms with van der Waals surface area (Å²) in [7, 11) is 0. The predicted octanol–water partition coefficient (Wildman–Crippen LogP) is 2.82. The molecular weight excluding hydrogens is 412 g/mol. The third-order valence-electron chi connectivity index (χ3n) is 3.05. The maximum Gasteiger partial charge on any atom is 1.00 e. The van der Waals surface area contributed by atoms with Crippen molar-refractivity contribution in [2.45, 2.75) is 0 Å². The van der Waals surface area contributed by atoms with Gasteiger partial charge in [-0.25, -0.2) is 9.59 Å². The Labute approximate surface area is 172 Å². The van der Waals surface area contributed by atoms with E-state index in [1.807, 2.05) is 0 Å². The molecule has 0 fully saturated rings. The van der Waals surface area contributed by atoms with Gasteiger partial charge >= 0.3 is 29.0 Å². The van der Waals surface area contributed by atoms with E-state index in [4.69, 9.17) is 10.2 Å². The van der Waals surface area contributed by atoms with Crippen LogP contribution in [0, 0.1) is 0 Å². The molecule has 0 saturated carbocycles. The van der Waals surface area contributed by atoms with E-state index in [0.717, 1.165) is 0 Å². The zero-order chi connectivity index (χ0) is 20.1. The second-order valence-corrected chi connectivity index (χ2v) is 5.00. The predicted molar refractivity (Wildman–Crippen MR) is 97.6 cm³/mol. The van der Waals surface area contributed by atoms with Crippen LogP contribution in [0.5, 0.6) is 0 Å². The van der Waals surface area contributed by atoms with Crippen LogP contribution in [0.1, 0.15) is 31.1 Å². The molecule has 0 aromatic heterocycles. The first-order chi connectivity index (χ1) is 12.9. The molecule has 0 aliphatic rings. The molecule has 2 N–H and O–H groups in total. The number of hydrogen-bond acceptors (Lipinski definition) is 4. The minimum Gasteiger partial charge on any atom is -0.545 e. The van der Waals surface area contributed by atoms with Crippen molar-refractivity contribution in [1.29, 1.82) is 0 Å². The number of rotatable bonds is 3. The van der Waals surface area contributed by atoms with Crippen molar-refractivity contribution >= 4 is 17.9 Å². The van der Waals surface area contributed by atoms with Crippen LogP contribution in [-0.2, 0) is 17.1 Å². The first kappa shape index (κ1) is 24.6. The standard InChI is InChI=1S/3C7H6O2.Cu/c3*8-7(9)6-4-2-1-3-5-6;/h3*1-5H,(H,8,9);/q;;;+1/p-1. The van der Waals surface area contributed by atoms with Crippen LogP contribution in [0.4, 0.5) is 0 Å². The van der Waals surface area contributed by atoms with E-state index in [0.29, 0.717) is 11.1 Å². The van der Waals surface area contributed by atoms with Crippen molar-refractivity contribution < 1.29 is 46.8 Å². The smallest absolute Gasteiger partial charge is 0.545 e. The van der Waals surface area contributed by atoms with Gasteiger partial charge in [0.2, 0.25) is 0 Å². The van der Waals surface area contributed by atoms with Gasteiger partial charge in [0.1, 0.15) is 0 Å². The van der Waals surface area contributed by atoms with Crippen molar-refractivity contribution in [1.82, 2.24) is 0 Å². The van der Waals surface area contributed by atoms with Gasteiger partial charge < -0.3 is 20.1 Å². The number of aromatic carboxylic acids is 3. The molecule has 0 aliphatic carbocycles. The maximum absolute atomic E-state index is 10.2. The van der Waals surface area contributed by atoms with Crippen LogP contribution in [-0.4, -0.2) is 28.1 Å². The van der Waals surface area contributed by atoms with Gasteiger partial charge in [-0.1, -0.05) is 66.7 Å². The number of hydrogen-bond donors (Lipinski definition) is 2. The third-order valence-corrected chi connectivity index (χ3v) is 3.05. The van der Waals surface area contributed by atoms with Gasteiger partial charge in [-0.05, 0) is 29.8 Å². The molecule has 3 rings (SSSR count). The Kier molecular flexibility index (Phi) is 12.1. The van der Waals surface area contributed by atoms with Gasteiger partial charge in [0.15, 0.2) is 0 Å². The Hall–Kier alpha value is -3.41. The van der Waals surface area contributed by atoms with Crippen LogP contribution in [0.3, 0.4) is 0 Å². The summed E-state index contributed by atoms with van der Waals surface area (Å²) in [5.74, 6) is -2.89. The van der Waals surface area contributed by atoms with Crippen LogP contribution in [0.25, 0.3) is 0 Å². The van der Waals surface area contributed by atoms with E-state index in [1.165, 1.54) is 12.1 Å². The zero-order valence-corrected chi connectivity index (χ0v) is 15.4. The minimum atomic E-state index is -1.13. The fourth-order valence-corrected chi connectivity index (χ4v) is 1.74. The quantitative estimate of drug-likeness (QED) is 0.620. The molecule has 28 heavy (non-hydrogen) atoms. The summed E-state index contributed by atoms with van der Waals surface area (Å²) in [5.41, 5.74) is 0.882. The monoisotopic (exact) mass is 428 g/mol. The first-order valence-electron chi connectivity index (χ1n) is 7.75.